The number of ether oxygens (including phenoxy) is 4. The molecule has 0 aromatic heterocycles. The van der Waals surface area contributed by atoms with Gasteiger partial charge in [-0.05, 0) is 31.4 Å². The Morgan fingerprint density at radius 3 is 2.21 bits per heavy atom. The Balaban J connectivity index is 2.07. The molecule has 132 valence electrons. The number of rotatable bonds is 6. The minimum absolute atomic E-state index is 0.178. The lowest BCUT2D eigenvalue weighted by atomic mass is 10.1. The van der Waals surface area contributed by atoms with Gasteiger partial charge in [0, 0.05) is 13.1 Å². The quantitative estimate of drug-likeness (QED) is 0.738. The molecule has 0 N–H and O–H groups in total. The summed E-state index contributed by atoms with van der Waals surface area (Å²) in [5.74, 6) is 0.139. The van der Waals surface area contributed by atoms with Crippen molar-refractivity contribution in [2.24, 2.45) is 0 Å². The van der Waals surface area contributed by atoms with Crippen LogP contribution in [0.15, 0.2) is 12.1 Å². The van der Waals surface area contributed by atoms with E-state index in [1.54, 1.807) is 11.0 Å². The fraction of sp³-hybridized carbons (Fsp3) is 0.529. The van der Waals surface area contributed by atoms with Gasteiger partial charge >= 0.3 is 5.97 Å². The van der Waals surface area contributed by atoms with Gasteiger partial charge in [-0.3, -0.25) is 4.79 Å². The zero-order chi connectivity index (χ0) is 17.5. The molecule has 0 radical (unpaired) electrons. The second-order valence-electron chi connectivity index (χ2n) is 5.40. The maximum Gasteiger partial charge on any atom is 0.342 e. The van der Waals surface area contributed by atoms with Crippen LogP contribution in [0, 0.1) is 0 Å². The Hall–Kier alpha value is -2.44. The summed E-state index contributed by atoms with van der Waals surface area (Å²) in [7, 11) is 4.37. The summed E-state index contributed by atoms with van der Waals surface area (Å²) >= 11 is 0. The van der Waals surface area contributed by atoms with Gasteiger partial charge < -0.3 is 23.8 Å². The number of hydrogen-bond acceptors (Lipinski definition) is 6. The zero-order valence-corrected chi connectivity index (χ0v) is 14.3. The molecule has 1 aromatic rings. The molecule has 7 heteroatoms. The molecule has 1 aliphatic rings. The van der Waals surface area contributed by atoms with Crippen LogP contribution < -0.4 is 14.2 Å². The number of benzene rings is 1. The van der Waals surface area contributed by atoms with Crippen LogP contribution in [0.5, 0.6) is 17.2 Å². The number of likely N-dealkylation sites (tertiary alicyclic amines) is 1. The predicted molar refractivity (Wildman–Crippen MR) is 86.8 cm³/mol. The Kier molecular flexibility index (Phi) is 6.28. The van der Waals surface area contributed by atoms with Crippen molar-refractivity contribution in [2.75, 3.05) is 41.0 Å². The van der Waals surface area contributed by atoms with Crippen molar-refractivity contribution in [3.8, 4) is 17.2 Å². The molecule has 1 amide bonds. The van der Waals surface area contributed by atoms with Crippen LogP contribution in [0.25, 0.3) is 0 Å². The maximum absolute atomic E-state index is 12.3. The molecule has 1 aromatic carbocycles. The van der Waals surface area contributed by atoms with E-state index in [9.17, 15) is 9.59 Å². The highest BCUT2D eigenvalue weighted by atomic mass is 16.5. The third-order valence-corrected chi connectivity index (χ3v) is 3.96. The van der Waals surface area contributed by atoms with Gasteiger partial charge in [-0.25, -0.2) is 4.79 Å². The summed E-state index contributed by atoms with van der Waals surface area (Å²) in [4.78, 5) is 26.1. The number of carbonyl (C=O) groups excluding carboxylic acids is 2. The summed E-state index contributed by atoms with van der Waals surface area (Å²) in [5.41, 5.74) is 0.182. The largest absolute Gasteiger partial charge is 0.493 e. The molecule has 1 saturated heterocycles. The molecule has 0 aliphatic carbocycles. The molecule has 24 heavy (non-hydrogen) atoms. The third-order valence-electron chi connectivity index (χ3n) is 3.96. The van der Waals surface area contributed by atoms with Gasteiger partial charge in [0.2, 0.25) is 5.75 Å². The fourth-order valence-corrected chi connectivity index (χ4v) is 2.70. The minimum atomic E-state index is -0.641. The smallest absolute Gasteiger partial charge is 0.342 e. The van der Waals surface area contributed by atoms with Crippen LogP contribution in [0.4, 0.5) is 0 Å². The Morgan fingerprint density at radius 2 is 1.62 bits per heavy atom. The van der Waals surface area contributed by atoms with Crippen molar-refractivity contribution in [3.05, 3.63) is 17.7 Å². The fourth-order valence-electron chi connectivity index (χ4n) is 2.70. The summed E-state index contributed by atoms with van der Waals surface area (Å²) in [5, 5.41) is 0. The number of methoxy groups -OCH3 is 3. The number of nitrogens with zero attached hydrogens (tertiary/aromatic N) is 1. The van der Waals surface area contributed by atoms with Crippen molar-refractivity contribution in [3.63, 3.8) is 0 Å². The lowest BCUT2D eigenvalue weighted by molar-refractivity contribution is -0.135. The van der Waals surface area contributed by atoms with E-state index in [2.05, 4.69) is 0 Å². The Morgan fingerprint density at radius 1 is 0.958 bits per heavy atom. The molecular weight excluding hydrogens is 314 g/mol. The van der Waals surface area contributed by atoms with Crippen LogP contribution in [0.1, 0.15) is 29.6 Å². The van der Waals surface area contributed by atoms with Crippen LogP contribution in [-0.2, 0) is 9.53 Å². The van der Waals surface area contributed by atoms with Gasteiger partial charge in [-0.2, -0.15) is 0 Å². The van der Waals surface area contributed by atoms with Crippen molar-refractivity contribution in [1.82, 2.24) is 4.90 Å². The number of piperidine rings is 1. The Labute approximate surface area is 141 Å². The molecule has 0 unspecified atom stereocenters. The highest BCUT2D eigenvalue weighted by Gasteiger charge is 2.23. The van der Waals surface area contributed by atoms with Gasteiger partial charge in [-0.1, -0.05) is 0 Å². The molecule has 1 heterocycles. The summed E-state index contributed by atoms with van der Waals surface area (Å²) in [6, 6.07) is 3.11. The molecule has 0 saturated carbocycles. The topological polar surface area (TPSA) is 74.3 Å². The molecule has 7 nitrogen and oxygen atoms in total. The Bertz CT molecular complexity index is 595. The average Bonchev–Trinajstić information content (AvgIpc) is 2.64. The molecule has 1 aliphatic heterocycles. The van der Waals surface area contributed by atoms with E-state index in [4.69, 9.17) is 18.9 Å². The normalized spacial score (nSPS) is 14.0. The van der Waals surface area contributed by atoms with E-state index in [1.165, 1.54) is 27.4 Å². The number of hydrogen-bond donors (Lipinski definition) is 0. The van der Waals surface area contributed by atoms with Crippen LogP contribution >= 0.6 is 0 Å². The van der Waals surface area contributed by atoms with Crippen LogP contribution in [0.2, 0.25) is 0 Å². The summed E-state index contributed by atoms with van der Waals surface area (Å²) in [6.45, 7) is 1.16. The number of carbonyl (C=O) groups is 2. The zero-order valence-electron chi connectivity index (χ0n) is 14.3. The first-order valence-electron chi connectivity index (χ1n) is 7.86. The first-order valence-corrected chi connectivity index (χ1v) is 7.86. The van der Waals surface area contributed by atoms with E-state index in [-0.39, 0.29) is 23.8 Å². The van der Waals surface area contributed by atoms with Gasteiger partial charge in [0.1, 0.15) is 5.56 Å². The molecule has 0 atom stereocenters. The lowest BCUT2D eigenvalue weighted by Crippen LogP contribution is -2.38. The van der Waals surface area contributed by atoms with Gasteiger partial charge in [0.15, 0.2) is 18.1 Å². The van der Waals surface area contributed by atoms with E-state index in [1.807, 2.05) is 0 Å². The van der Waals surface area contributed by atoms with Crippen LogP contribution in [0.3, 0.4) is 0 Å². The van der Waals surface area contributed by atoms with Crippen molar-refractivity contribution < 1.29 is 28.5 Å². The lowest BCUT2D eigenvalue weighted by Gasteiger charge is -2.26. The molecule has 0 bridgehead atoms. The average molecular weight is 337 g/mol. The maximum atomic E-state index is 12.3. The molecular formula is C17H23NO6. The summed E-state index contributed by atoms with van der Waals surface area (Å²) < 4.78 is 20.8. The highest BCUT2D eigenvalue weighted by molar-refractivity contribution is 5.95. The van der Waals surface area contributed by atoms with E-state index in [0.717, 1.165) is 32.4 Å². The van der Waals surface area contributed by atoms with Gasteiger partial charge in [0.05, 0.1) is 21.3 Å². The summed E-state index contributed by atoms with van der Waals surface area (Å²) in [6.07, 6.45) is 3.11. The standard InChI is InChI=1S/C17H23NO6/c1-21-13-8-7-12(15(22-2)16(13)23-3)17(20)24-11-14(19)18-9-5-4-6-10-18/h7-8H,4-6,9-11H2,1-3H3. The van der Waals surface area contributed by atoms with Crippen LogP contribution in [-0.4, -0.2) is 57.8 Å². The first kappa shape index (κ1) is 17.9. The molecule has 2 rings (SSSR count). The highest BCUT2D eigenvalue weighted by Crippen LogP contribution is 2.39. The number of amides is 1. The molecule has 0 spiro atoms. The van der Waals surface area contributed by atoms with Crippen molar-refractivity contribution in [1.29, 1.82) is 0 Å². The minimum Gasteiger partial charge on any atom is -0.493 e. The predicted octanol–water partition coefficient (Wildman–Crippen LogP) is 1.88. The van der Waals surface area contributed by atoms with E-state index < -0.39 is 5.97 Å². The van der Waals surface area contributed by atoms with Gasteiger partial charge in [0.25, 0.3) is 5.91 Å². The van der Waals surface area contributed by atoms with E-state index >= 15 is 0 Å². The first-order chi connectivity index (χ1) is 11.6. The second-order valence-corrected chi connectivity index (χ2v) is 5.40. The number of esters is 1. The SMILES string of the molecule is COc1ccc(C(=O)OCC(=O)N2CCCCC2)c(OC)c1OC. The van der Waals surface area contributed by atoms with Crippen molar-refractivity contribution >= 4 is 11.9 Å². The third kappa shape index (κ3) is 3.90. The second kappa shape index (κ2) is 8.42. The van der Waals surface area contributed by atoms with Gasteiger partial charge in [-0.15, -0.1) is 0 Å². The molecule has 1 fully saturated rings. The monoisotopic (exact) mass is 337 g/mol. The van der Waals surface area contributed by atoms with E-state index in [0.29, 0.717) is 11.5 Å². The van der Waals surface area contributed by atoms with Crippen molar-refractivity contribution in [2.45, 2.75) is 19.3 Å².